The van der Waals surface area contributed by atoms with Crippen LogP contribution < -0.4 is 5.32 Å². The summed E-state index contributed by atoms with van der Waals surface area (Å²) in [5.74, 6) is 0.780. The lowest BCUT2D eigenvalue weighted by Gasteiger charge is -2.24. The molecule has 1 heterocycles. The Balaban J connectivity index is 2.91. The van der Waals surface area contributed by atoms with E-state index in [0.29, 0.717) is 6.04 Å². The van der Waals surface area contributed by atoms with Gasteiger partial charge in [-0.1, -0.05) is 33.6 Å². The molecule has 3 nitrogen and oxygen atoms in total. The van der Waals surface area contributed by atoms with E-state index in [1.807, 2.05) is 6.92 Å². The molecule has 1 rings (SSSR count). The van der Waals surface area contributed by atoms with Gasteiger partial charge in [-0.15, -0.1) is 0 Å². The lowest BCUT2D eigenvalue weighted by atomic mass is 9.90. The van der Waals surface area contributed by atoms with Crippen molar-refractivity contribution in [1.82, 2.24) is 15.5 Å². The van der Waals surface area contributed by atoms with Gasteiger partial charge in [0.1, 0.15) is 0 Å². The first-order valence-corrected chi connectivity index (χ1v) is 7.66. The van der Waals surface area contributed by atoms with Gasteiger partial charge in [0.05, 0.1) is 11.4 Å². The lowest BCUT2D eigenvalue weighted by Crippen LogP contribution is -2.25. The van der Waals surface area contributed by atoms with E-state index in [9.17, 15) is 0 Å². The van der Waals surface area contributed by atoms with Crippen LogP contribution in [0.4, 0.5) is 0 Å². The van der Waals surface area contributed by atoms with E-state index in [2.05, 4.69) is 49.3 Å². The van der Waals surface area contributed by atoms with Crippen LogP contribution in [0.15, 0.2) is 6.07 Å². The predicted molar refractivity (Wildman–Crippen MR) is 81.2 cm³/mol. The highest BCUT2D eigenvalue weighted by Gasteiger charge is 2.18. The van der Waals surface area contributed by atoms with Gasteiger partial charge in [0, 0.05) is 6.04 Å². The van der Waals surface area contributed by atoms with Gasteiger partial charge in [-0.05, 0) is 50.8 Å². The molecular formula is C16H29N3. The first-order valence-electron chi connectivity index (χ1n) is 7.66. The van der Waals surface area contributed by atoms with Crippen molar-refractivity contribution in [3.63, 3.8) is 0 Å². The van der Waals surface area contributed by atoms with Crippen LogP contribution in [-0.2, 0) is 0 Å². The molecule has 0 amide bonds. The van der Waals surface area contributed by atoms with Crippen LogP contribution in [0.5, 0.6) is 0 Å². The van der Waals surface area contributed by atoms with Gasteiger partial charge in [0.2, 0.25) is 0 Å². The number of hydrogen-bond donors (Lipinski definition) is 1. The first-order chi connectivity index (χ1) is 9.12. The van der Waals surface area contributed by atoms with E-state index < -0.39 is 0 Å². The zero-order valence-electron chi connectivity index (χ0n) is 13.2. The highest BCUT2D eigenvalue weighted by atomic mass is 15.1. The summed E-state index contributed by atoms with van der Waals surface area (Å²) in [6.45, 7) is 11.9. The molecule has 108 valence electrons. The minimum atomic E-state index is 0.416. The van der Waals surface area contributed by atoms with Gasteiger partial charge < -0.3 is 5.32 Å². The third-order valence-corrected chi connectivity index (χ3v) is 3.88. The zero-order valence-corrected chi connectivity index (χ0v) is 13.2. The van der Waals surface area contributed by atoms with E-state index >= 15 is 0 Å². The van der Waals surface area contributed by atoms with Crippen LogP contribution in [0.25, 0.3) is 0 Å². The van der Waals surface area contributed by atoms with Crippen molar-refractivity contribution < 1.29 is 0 Å². The van der Waals surface area contributed by atoms with Gasteiger partial charge in [0.25, 0.3) is 0 Å². The van der Waals surface area contributed by atoms with E-state index in [4.69, 9.17) is 0 Å². The number of hydrogen-bond acceptors (Lipinski definition) is 3. The van der Waals surface area contributed by atoms with E-state index in [-0.39, 0.29) is 0 Å². The highest BCUT2D eigenvalue weighted by molar-refractivity contribution is 5.23. The molecule has 0 spiro atoms. The van der Waals surface area contributed by atoms with Gasteiger partial charge in [-0.2, -0.15) is 10.2 Å². The maximum absolute atomic E-state index is 4.28. The third kappa shape index (κ3) is 4.90. The average Bonchev–Trinajstić information content (AvgIpc) is 2.42. The maximum Gasteiger partial charge on any atom is 0.0648 e. The maximum atomic E-state index is 4.28. The Hall–Kier alpha value is -0.960. The summed E-state index contributed by atoms with van der Waals surface area (Å²) in [6, 6.07) is 2.61. The van der Waals surface area contributed by atoms with Crippen molar-refractivity contribution in [1.29, 1.82) is 0 Å². The topological polar surface area (TPSA) is 37.8 Å². The van der Waals surface area contributed by atoms with E-state index in [1.165, 1.54) is 24.8 Å². The molecule has 0 aliphatic carbocycles. The van der Waals surface area contributed by atoms with E-state index in [0.717, 1.165) is 30.3 Å². The SMILES string of the molecule is CCCNC(CC(CC)CC)c1cc(C)nnc1C. The van der Waals surface area contributed by atoms with Crippen molar-refractivity contribution in [3.8, 4) is 0 Å². The second kappa shape index (κ2) is 8.26. The van der Waals surface area contributed by atoms with Crippen molar-refractivity contribution in [3.05, 3.63) is 23.0 Å². The van der Waals surface area contributed by atoms with Crippen molar-refractivity contribution in [2.75, 3.05) is 6.54 Å². The molecule has 19 heavy (non-hydrogen) atoms. The molecule has 0 saturated heterocycles. The fourth-order valence-corrected chi connectivity index (χ4v) is 2.52. The minimum Gasteiger partial charge on any atom is -0.310 e. The molecule has 0 radical (unpaired) electrons. The Morgan fingerprint density at radius 3 is 2.37 bits per heavy atom. The molecule has 1 atom stereocenters. The number of aromatic nitrogens is 2. The summed E-state index contributed by atoms with van der Waals surface area (Å²) in [4.78, 5) is 0. The molecule has 0 aromatic carbocycles. The van der Waals surface area contributed by atoms with Gasteiger partial charge in [-0.25, -0.2) is 0 Å². The number of aryl methyl sites for hydroxylation is 2. The number of nitrogens with one attached hydrogen (secondary N) is 1. The number of rotatable bonds is 8. The molecule has 3 heteroatoms. The molecule has 1 aromatic rings. The Morgan fingerprint density at radius 1 is 1.11 bits per heavy atom. The molecule has 0 aliphatic rings. The fraction of sp³-hybridized carbons (Fsp3) is 0.750. The highest BCUT2D eigenvalue weighted by Crippen LogP contribution is 2.26. The average molecular weight is 263 g/mol. The van der Waals surface area contributed by atoms with Crippen LogP contribution in [0.3, 0.4) is 0 Å². The summed E-state index contributed by atoms with van der Waals surface area (Å²) in [7, 11) is 0. The first kappa shape index (κ1) is 16.1. The Bertz CT molecular complexity index is 372. The van der Waals surface area contributed by atoms with Gasteiger partial charge in [0.15, 0.2) is 0 Å². The smallest absolute Gasteiger partial charge is 0.0648 e. The Morgan fingerprint density at radius 2 is 1.79 bits per heavy atom. The second-order valence-corrected chi connectivity index (χ2v) is 5.45. The van der Waals surface area contributed by atoms with E-state index in [1.54, 1.807) is 0 Å². The van der Waals surface area contributed by atoms with Crippen molar-refractivity contribution in [2.45, 2.75) is 66.3 Å². The molecule has 1 N–H and O–H groups in total. The fourth-order valence-electron chi connectivity index (χ4n) is 2.52. The Labute approximate surface area is 118 Å². The van der Waals surface area contributed by atoms with Gasteiger partial charge >= 0.3 is 0 Å². The zero-order chi connectivity index (χ0) is 14.3. The monoisotopic (exact) mass is 263 g/mol. The van der Waals surface area contributed by atoms with Crippen LogP contribution in [0.2, 0.25) is 0 Å². The molecule has 1 unspecified atom stereocenters. The Kier molecular flexibility index (Phi) is 7.00. The molecule has 0 aliphatic heterocycles. The predicted octanol–water partition coefficient (Wildman–Crippen LogP) is 3.96. The van der Waals surface area contributed by atoms with Gasteiger partial charge in [-0.3, -0.25) is 0 Å². The van der Waals surface area contributed by atoms with Crippen LogP contribution >= 0.6 is 0 Å². The molecule has 1 aromatic heterocycles. The van der Waals surface area contributed by atoms with Crippen molar-refractivity contribution >= 4 is 0 Å². The van der Waals surface area contributed by atoms with Crippen LogP contribution in [-0.4, -0.2) is 16.7 Å². The number of nitrogens with zero attached hydrogens (tertiary/aromatic N) is 2. The summed E-state index contributed by atoms with van der Waals surface area (Å²) in [5.41, 5.74) is 3.39. The summed E-state index contributed by atoms with van der Waals surface area (Å²) >= 11 is 0. The minimum absolute atomic E-state index is 0.416. The third-order valence-electron chi connectivity index (χ3n) is 3.88. The molecule has 0 bridgehead atoms. The van der Waals surface area contributed by atoms with Crippen molar-refractivity contribution in [2.24, 2.45) is 5.92 Å². The van der Waals surface area contributed by atoms with Crippen LogP contribution in [0.1, 0.15) is 69.4 Å². The summed E-state index contributed by atoms with van der Waals surface area (Å²) in [6.07, 6.45) is 4.85. The summed E-state index contributed by atoms with van der Waals surface area (Å²) < 4.78 is 0. The quantitative estimate of drug-likeness (QED) is 0.771. The standard InChI is InChI=1S/C16H29N3/c1-6-9-17-16(11-14(7-2)8-3)15-10-12(4)18-19-13(15)5/h10,14,16-17H,6-9,11H2,1-5H3. The second-order valence-electron chi connectivity index (χ2n) is 5.45. The molecule has 0 fully saturated rings. The molecular weight excluding hydrogens is 234 g/mol. The normalized spacial score (nSPS) is 12.9. The molecule has 0 saturated carbocycles. The lowest BCUT2D eigenvalue weighted by molar-refractivity contribution is 0.369. The summed E-state index contributed by atoms with van der Waals surface area (Å²) in [5, 5.41) is 12.1. The largest absolute Gasteiger partial charge is 0.310 e. The van der Waals surface area contributed by atoms with Crippen LogP contribution in [0, 0.1) is 19.8 Å².